The van der Waals surface area contributed by atoms with E-state index in [0.29, 0.717) is 5.41 Å². The molecule has 0 saturated heterocycles. The number of allylic oxidation sites excluding steroid dienone is 1. The van der Waals surface area contributed by atoms with Crippen molar-refractivity contribution in [2.45, 2.75) is 66.7 Å². The van der Waals surface area contributed by atoms with Crippen LogP contribution in [0.4, 0.5) is 0 Å². The van der Waals surface area contributed by atoms with Gasteiger partial charge in [-0.3, -0.25) is 0 Å². The van der Waals surface area contributed by atoms with Gasteiger partial charge in [-0.25, -0.2) is 0 Å². The van der Waals surface area contributed by atoms with Crippen LogP contribution in [0.1, 0.15) is 66.7 Å². The van der Waals surface area contributed by atoms with Gasteiger partial charge in [0.1, 0.15) is 0 Å². The highest BCUT2D eigenvalue weighted by Gasteiger charge is 2.26. The molecule has 3 atom stereocenters. The van der Waals surface area contributed by atoms with Crippen molar-refractivity contribution in [3.63, 3.8) is 0 Å². The lowest BCUT2D eigenvalue weighted by Gasteiger charge is -2.34. The van der Waals surface area contributed by atoms with Gasteiger partial charge < -0.3 is 0 Å². The minimum Gasteiger partial charge on any atom is -0.0996 e. The Labute approximate surface area is 103 Å². The van der Waals surface area contributed by atoms with E-state index in [1.54, 1.807) is 0 Å². The molecule has 1 rings (SSSR count). The van der Waals surface area contributed by atoms with Gasteiger partial charge in [0.2, 0.25) is 0 Å². The molecule has 94 valence electrons. The maximum absolute atomic E-state index is 4.12. The summed E-state index contributed by atoms with van der Waals surface area (Å²) in [6.07, 6.45) is 7.07. The first-order chi connectivity index (χ1) is 7.33. The highest BCUT2D eigenvalue weighted by atomic mass is 14.3. The van der Waals surface area contributed by atoms with E-state index >= 15 is 0 Å². The largest absolute Gasteiger partial charge is 0.0996 e. The highest BCUT2D eigenvalue weighted by molar-refractivity contribution is 5.02. The minimum absolute atomic E-state index is 0.340. The van der Waals surface area contributed by atoms with Gasteiger partial charge in [-0.15, -0.1) is 0 Å². The molecule has 0 aromatic rings. The number of rotatable bonds is 4. The van der Waals surface area contributed by atoms with E-state index in [1.807, 2.05) is 0 Å². The van der Waals surface area contributed by atoms with Crippen LogP contribution < -0.4 is 0 Å². The molecule has 0 bridgehead atoms. The van der Waals surface area contributed by atoms with E-state index in [2.05, 4.69) is 41.2 Å². The molecule has 0 nitrogen and oxygen atoms in total. The van der Waals surface area contributed by atoms with Crippen LogP contribution in [0.5, 0.6) is 0 Å². The fourth-order valence-electron chi connectivity index (χ4n) is 2.70. The molecular weight excluding hydrogens is 192 g/mol. The molecule has 1 saturated carbocycles. The molecule has 16 heavy (non-hydrogen) atoms. The quantitative estimate of drug-likeness (QED) is 0.555. The van der Waals surface area contributed by atoms with Crippen molar-refractivity contribution in [3.05, 3.63) is 12.2 Å². The molecule has 1 aliphatic rings. The van der Waals surface area contributed by atoms with Crippen LogP contribution in [0, 0.1) is 23.2 Å². The maximum atomic E-state index is 4.12. The zero-order valence-electron chi connectivity index (χ0n) is 12.0. The van der Waals surface area contributed by atoms with Crippen LogP contribution in [0.25, 0.3) is 0 Å². The Bertz CT molecular complexity index is 236. The molecule has 0 heteroatoms. The summed E-state index contributed by atoms with van der Waals surface area (Å²) >= 11 is 0. The summed E-state index contributed by atoms with van der Waals surface area (Å²) in [5.74, 6) is 2.86. The summed E-state index contributed by atoms with van der Waals surface area (Å²) in [5, 5.41) is 0. The molecule has 0 heterocycles. The Morgan fingerprint density at radius 1 is 1.19 bits per heavy atom. The normalized spacial score (nSPS) is 31.4. The molecule has 0 amide bonds. The number of hydrogen-bond acceptors (Lipinski definition) is 0. The molecule has 0 aromatic carbocycles. The van der Waals surface area contributed by atoms with Crippen LogP contribution >= 0.6 is 0 Å². The van der Waals surface area contributed by atoms with Crippen molar-refractivity contribution < 1.29 is 0 Å². The van der Waals surface area contributed by atoms with Gasteiger partial charge in [0, 0.05) is 0 Å². The molecule has 0 radical (unpaired) electrons. The molecule has 1 fully saturated rings. The summed E-state index contributed by atoms with van der Waals surface area (Å²) < 4.78 is 0. The fourth-order valence-corrected chi connectivity index (χ4v) is 2.70. The van der Waals surface area contributed by atoms with Crippen LogP contribution in [0.3, 0.4) is 0 Å². The molecule has 1 aliphatic carbocycles. The molecule has 0 aliphatic heterocycles. The van der Waals surface area contributed by atoms with Gasteiger partial charge in [0.25, 0.3) is 0 Å². The van der Waals surface area contributed by atoms with E-state index in [1.165, 1.54) is 37.7 Å². The summed E-state index contributed by atoms with van der Waals surface area (Å²) in [7, 11) is 0. The Morgan fingerprint density at radius 2 is 1.81 bits per heavy atom. The molecule has 0 spiro atoms. The molecule has 0 N–H and O–H groups in total. The summed E-state index contributed by atoms with van der Waals surface area (Å²) in [6.45, 7) is 15.8. The van der Waals surface area contributed by atoms with Crippen molar-refractivity contribution in [1.82, 2.24) is 0 Å². The van der Waals surface area contributed by atoms with Gasteiger partial charge in [0.05, 0.1) is 0 Å². The lowest BCUT2D eigenvalue weighted by molar-refractivity contribution is 0.186. The van der Waals surface area contributed by atoms with Crippen LogP contribution in [-0.4, -0.2) is 0 Å². The third-order valence-electron chi connectivity index (χ3n) is 5.04. The second-order valence-electron chi connectivity index (χ2n) is 6.84. The molecule has 0 aromatic heterocycles. The lowest BCUT2D eigenvalue weighted by atomic mass is 9.71. The standard InChI is InChI=1S/C16H30/c1-12(2)16(5,6)10-9-15-8-7-13(3)14(4)11-15/h13-15H,1,7-11H2,2-6H3. The average molecular weight is 222 g/mol. The van der Waals surface area contributed by atoms with E-state index in [-0.39, 0.29) is 0 Å². The average Bonchev–Trinajstić information content (AvgIpc) is 2.20. The van der Waals surface area contributed by atoms with Gasteiger partial charge in [-0.1, -0.05) is 52.7 Å². The predicted molar refractivity (Wildman–Crippen MR) is 73.5 cm³/mol. The SMILES string of the molecule is C=C(C)C(C)(C)CCC1CCC(C)C(C)C1. The second kappa shape index (κ2) is 5.38. The van der Waals surface area contributed by atoms with Crippen molar-refractivity contribution in [3.8, 4) is 0 Å². The minimum atomic E-state index is 0.340. The lowest BCUT2D eigenvalue weighted by Crippen LogP contribution is -2.22. The number of hydrogen-bond donors (Lipinski definition) is 0. The smallest absolute Gasteiger partial charge is 0.0150 e. The van der Waals surface area contributed by atoms with Gasteiger partial charge >= 0.3 is 0 Å². The van der Waals surface area contributed by atoms with E-state index in [9.17, 15) is 0 Å². The molecule has 3 unspecified atom stereocenters. The molecular formula is C16H30. The summed E-state index contributed by atoms with van der Waals surface area (Å²) in [6, 6.07) is 0. The third-order valence-corrected chi connectivity index (χ3v) is 5.04. The van der Waals surface area contributed by atoms with Gasteiger partial charge in [-0.2, -0.15) is 0 Å². The van der Waals surface area contributed by atoms with E-state index in [4.69, 9.17) is 0 Å². The van der Waals surface area contributed by atoms with Crippen molar-refractivity contribution >= 4 is 0 Å². The van der Waals surface area contributed by atoms with Crippen LogP contribution in [0.15, 0.2) is 12.2 Å². The predicted octanol–water partition coefficient (Wildman–Crippen LogP) is 5.44. The highest BCUT2D eigenvalue weighted by Crippen LogP contribution is 2.39. The summed E-state index contributed by atoms with van der Waals surface area (Å²) in [5.41, 5.74) is 1.68. The van der Waals surface area contributed by atoms with Gasteiger partial charge in [0.15, 0.2) is 0 Å². The van der Waals surface area contributed by atoms with Crippen molar-refractivity contribution in [1.29, 1.82) is 0 Å². The summed E-state index contributed by atoms with van der Waals surface area (Å²) in [4.78, 5) is 0. The van der Waals surface area contributed by atoms with E-state index < -0.39 is 0 Å². The van der Waals surface area contributed by atoms with Crippen molar-refractivity contribution in [2.24, 2.45) is 23.2 Å². The first-order valence-electron chi connectivity index (χ1n) is 6.99. The Kier molecular flexibility index (Phi) is 4.64. The van der Waals surface area contributed by atoms with Crippen molar-refractivity contribution in [2.75, 3.05) is 0 Å². The van der Waals surface area contributed by atoms with Crippen LogP contribution in [-0.2, 0) is 0 Å². The zero-order chi connectivity index (χ0) is 12.3. The third kappa shape index (κ3) is 3.64. The Morgan fingerprint density at radius 3 is 2.31 bits per heavy atom. The zero-order valence-corrected chi connectivity index (χ0v) is 12.0. The fraction of sp³-hybridized carbons (Fsp3) is 0.875. The first-order valence-corrected chi connectivity index (χ1v) is 6.99. The Hall–Kier alpha value is -0.260. The topological polar surface area (TPSA) is 0 Å². The maximum Gasteiger partial charge on any atom is -0.0150 e. The Balaban J connectivity index is 2.36. The van der Waals surface area contributed by atoms with Crippen LogP contribution in [0.2, 0.25) is 0 Å². The second-order valence-corrected chi connectivity index (χ2v) is 6.84. The van der Waals surface area contributed by atoms with Gasteiger partial charge in [-0.05, 0) is 49.4 Å². The first kappa shape index (κ1) is 13.8. The monoisotopic (exact) mass is 222 g/mol. The van der Waals surface area contributed by atoms with E-state index in [0.717, 1.165) is 17.8 Å².